The van der Waals surface area contributed by atoms with Gasteiger partial charge in [-0.15, -0.1) is 0 Å². The van der Waals surface area contributed by atoms with E-state index in [4.69, 9.17) is 4.42 Å². The summed E-state index contributed by atoms with van der Waals surface area (Å²) >= 11 is 0. The summed E-state index contributed by atoms with van der Waals surface area (Å²) in [5.74, 6) is -0.144. The van der Waals surface area contributed by atoms with Crippen LogP contribution in [-0.4, -0.2) is 40.8 Å². The lowest BCUT2D eigenvalue weighted by Gasteiger charge is -2.31. The summed E-state index contributed by atoms with van der Waals surface area (Å²) in [7, 11) is 0. The Morgan fingerprint density at radius 3 is 2.79 bits per heavy atom. The highest BCUT2D eigenvalue weighted by atomic mass is 16.4. The van der Waals surface area contributed by atoms with Gasteiger partial charge in [0, 0.05) is 36.1 Å². The van der Waals surface area contributed by atoms with E-state index in [0.717, 1.165) is 16.5 Å². The van der Waals surface area contributed by atoms with Crippen molar-refractivity contribution in [3.8, 4) is 0 Å². The van der Waals surface area contributed by atoms with Gasteiger partial charge in [-0.25, -0.2) is 4.79 Å². The predicted molar refractivity (Wildman–Crippen MR) is 109 cm³/mol. The number of H-pyrrole nitrogens is 1. The van der Waals surface area contributed by atoms with Gasteiger partial charge in [-0.2, -0.15) is 0 Å². The lowest BCUT2D eigenvalue weighted by Crippen LogP contribution is -2.55. The molecule has 0 spiro atoms. The molecule has 0 radical (unpaired) electrons. The first-order valence-corrected chi connectivity index (χ1v) is 9.69. The molecule has 1 aliphatic rings. The monoisotopic (exact) mass is 393 g/mol. The first-order valence-electron chi connectivity index (χ1n) is 9.69. The third-order valence-corrected chi connectivity index (χ3v) is 5.25. The molecule has 3 heterocycles. The zero-order valence-corrected chi connectivity index (χ0v) is 16.5. The number of aromatic nitrogens is 1. The zero-order valence-electron chi connectivity index (χ0n) is 16.5. The zero-order chi connectivity index (χ0) is 20.5. The van der Waals surface area contributed by atoms with Crippen molar-refractivity contribution in [3.05, 3.63) is 69.4 Å². The van der Waals surface area contributed by atoms with Crippen molar-refractivity contribution in [1.82, 2.24) is 15.2 Å². The molecule has 1 aliphatic heterocycles. The summed E-state index contributed by atoms with van der Waals surface area (Å²) in [6.07, 6.45) is 3.23. The molecule has 2 aromatic heterocycles. The summed E-state index contributed by atoms with van der Waals surface area (Å²) in [6.45, 7) is 3.86. The van der Waals surface area contributed by atoms with E-state index in [1.54, 1.807) is 13.0 Å². The second kappa shape index (κ2) is 7.58. The van der Waals surface area contributed by atoms with Gasteiger partial charge in [0.1, 0.15) is 11.3 Å². The molecule has 1 fully saturated rings. The van der Waals surface area contributed by atoms with Gasteiger partial charge in [-0.1, -0.05) is 18.2 Å². The van der Waals surface area contributed by atoms with Crippen LogP contribution in [0, 0.1) is 6.92 Å². The Labute approximate surface area is 167 Å². The lowest BCUT2D eigenvalue weighted by atomic mass is 10.0. The average Bonchev–Trinajstić information content (AvgIpc) is 3.08. The van der Waals surface area contributed by atoms with E-state index in [1.165, 1.54) is 4.90 Å². The van der Waals surface area contributed by atoms with Crippen LogP contribution in [0.25, 0.3) is 10.9 Å². The number of rotatable bonds is 4. The third kappa shape index (κ3) is 3.81. The van der Waals surface area contributed by atoms with Gasteiger partial charge in [-0.3, -0.25) is 9.59 Å². The molecule has 0 saturated carbocycles. The second-order valence-electron chi connectivity index (χ2n) is 7.57. The minimum absolute atomic E-state index is 0.00254. The normalized spacial score (nSPS) is 16.8. The predicted octanol–water partition coefficient (Wildman–Crippen LogP) is 2.18. The number of aryl methyl sites for hydroxylation is 3. The van der Waals surface area contributed by atoms with E-state index in [2.05, 4.69) is 16.4 Å². The fourth-order valence-electron chi connectivity index (χ4n) is 3.90. The topological polar surface area (TPSA) is 95.4 Å². The van der Waals surface area contributed by atoms with Crippen molar-refractivity contribution in [1.29, 1.82) is 0 Å². The molecule has 150 valence electrons. The standard InChI is InChI=1S/C22H23N3O4/c1-13-9-16(8-7-15-10-23-18-6-4-3-5-17(15)18)29-22(28)20(13)21(27)25-11-14(2)24-19(26)12-25/h3-6,9-10,14,23H,7-8,11-12H2,1-2H3,(H,24,26)/t14-/m0/s1. The fourth-order valence-corrected chi connectivity index (χ4v) is 3.90. The van der Waals surface area contributed by atoms with E-state index < -0.39 is 11.5 Å². The number of amides is 2. The van der Waals surface area contributed by atoms with Crippen LogP contribution in [0.5, 0.6) is 0 Å². The molecule has 0 unspecified atom stereocenters. The van der Waals surface area contributed by atoms with Crippen LogP contribution in [-0.2, 0) is 17.6 Å². The van der Waals surface area contributed by atoms with Gasteiger partial charge >= 0.3 is 5.63 Å². The molecular formula is C22H23N3O4. The number of benzene rings is 1. The summed E-state index contributed by atoms with van der Waals surface area (Å²) in [5.41, 5.74) is 2.14. The van der Waals surface area contributed by atoms with E-state index in [0.29, 0.717) is 30.7 Å². The Kier molecular flexibility index (Phi) is 4.96. The molecule has 2 N–H and O–H groups in total. The third-order valence-electron chi connectivity index (χ3n) is 5.25. The minimum atomic E-state index is -0.650. The maximum Gasteiger partial charge on any atom is 0.349 e. The van der Waals surface area contributed by atoms with Gasteiger partial charge in [0.05, 0.1) is 6.54 Å². The van der Waals surface area contributed by atoms with Crippen LogP contribution < -0.4 is 10.9 Å². The van der Waals surface area contributed by atoms with Crippen molar-refractivity contribution in [2.75, 3.05) is 13.1 Å². The Morgan fingerprint density at radius 2 is 2.03 bits per heavy atom. The maximum atomic E-state index is 12.8. The maximum absolute atomic E-state index is 12.8. The number of carbonyl (C=O) groups excluding carboxylic acids is 2. The smallest absolute Gasteiger partial charge is 0.349 e. The van der Waals surface area contributed by atoms with Crippen LogP contribution in [0.3, 0.4) is 0 Å². The fraction of sp³-hybridized carbons (Fsp3) is 0.318. The highest BCUT2D eigenvalue weighted by Gasteiger charge is 2.29. The van der Waals surface area contributed by atoms with E-state index in [-0.39, 0.29) is 24.1 Å². The summed E-state index contributed by atoms with van der Waals surface area (Å²) < 4.78 is 5.45. The summed E-state index contributed by atoms with van der Waals surface area (Å²) in [4.78, 5) is 41.7. The number of carbonyl (C=O) groups is 2. The Balaban J connectivity index is 1.53. The molecular weight excluding hydrogens is 370 g/mol. The number of hydrogen-bond donors (Lipinski definition) is 2. The van der Waals surface area contributed by atoms with Crippen LogP contribution in [0.1, 0.15) is 34.2 Å². The number of hydrogen-bond acceptors (Lipinski definition) is 4. The van der Waals surface area contributed by atoms with Gasteiger partial charge in [0.25, 0.3) is 5.91 Å². The molecule has 7 heteroatoms. The summed E-state index contributed by atoms with van der Waals surface area (Å²) in [5, 5.41) is 3.91. The number of nitrogens with one attached hydrogen (secondary N) is 2. The Bertz CT molecular complexity index is 1140. The largest absolute Gasteiger partial charge is 0.427 e. The first-order chi connectivity index (χ1) is 13.9. The summed E-state index contributed by atoms with van der Waals surface area (Å²) in [6, 6.07) is 9.64. The molecule has 1 saturated heterocycles. The molecule has 0 bridgehead atoms. The molecule has 1 atom stereocenters. The SMILES string of the molecule is Cc1cc(CCc2c[nH]c3ccccc23)oc(=O)c1C(=O)N1CC(=O)N[C@@H](C)C1. The Hall–Kier alpha value is -3.35. The number of aromatic amines is 1. The number of fused-ring (bicyclic) bond motifs is 1. The minimum Gasteiger partial charge on any atom is -0.427 e. The molecule has 7 nitrogen and oxygen atoms in total. The molecule has 1 aromatic carbocycles. The van der Waals surface area contributed by atoms with E-state index in [9.17, 15) is 14.4 Å². The van der Waals surface area contributed by atoms with Gasteiger partial charge in [-0.05, 0) is 43.5 Å². The quantitative estimate of drug-likeness (QED) is 0.710. The van der Waals surface area contributed by atoms with E-state index >= 15 is 0 Å². The van der Waals surface area contributed by atoms with Crippen molar-refractivity contribution in [3.63, 3.8) is 0 Å². The van der Waals surface area contributed by atoms with Crippen molar-refractivity contribution >= 4 is 22.7 Å². The van der Waals surface area contributed by atoms with Gasteiger partial charge < -0.3 is 19.6 Å². The molecule has 4 rings (SSSR count). The van der Waals surface area contributed by atoms with Crippen molar-refractivity contribution in [2.45, 2.75) is 32.7 Å². The number of para-hydroxylation sites is 1. The van der Waals surface area contributed by atoms with Gasteiger partial charge in [0.2, 0.25) is 5.91 Å². The number of nitrogens with zero attached hydrogens (tertiary/aromatic N) is 1. The van der Waals surface area contributed by atoms with Crippen LogP contribution in [0.15, 0.2) is 45.7 Å². The second-order valence-corrected chi connectivity index (χ2v) is 7.57. The van der Waals surface area contributed by atoms with Gasteiger partial charge in [0.15, 0.2) is 0 Å². The first kappa shape index (κ1) is 19.0. The molecule has 2 amide bonds. The Morgan fingerprint density at radius 1 is 1.24 bits per heavy atom. The van der Waals surface area contributed by atoms with Crippen LogP contribution in [0.4, 0.5) is 0 Å². The van der Waals surface area contributed by atoms with Crippen LogP contribution >= 0.6 is 0 Å². The van der Waals surface area contributed by atoms with E-state index in [1.807, 2.05) is 31.3 Å². The molecule has 0 aliphatic carbocycles. The van der Waals surface area contributed by atoms with Crippen molar-refractivity contribution < 1.29 is 14.0 Å². The van der Waals surface area contributed by atoms with Crippen LogP contribution in [0.2, 0.25) is 0 Å². The average molecular weight is 393 g/mol. The molecule has 29 heavy (non-hydrogen) atoms. The highest BCUT2D eigenvalue weighted by molar-refractivity contribution is 5.97. The highest BCUT2D eigenvalue weighted by Crippen LogP contribution is 2.20. The molecule has 3 aromatic rings. The lowest BCUT2D eigenvalue weighted by molar-refractivity contribution is -0.124. The number of piperazine rings is 1. The van der Waals surface area contributed by atoms with Crippen molar-refractivity contribution in [2.24, 2.45) is 0 Å².